The van der Waals surface area contributed by atoms with Gasteiger partial charge in [0.05, 0.1) is 0 Å². The SMILES string of the molecule is Cc1ccc(NC(=O)[C@@H](C)Oc2ccc(Br)cc2)cc1. The fraction of sp³-hybridized carbons (Fsp3) is 0.188. The van der Waals surface area contributed by atoms with Gasteiger partial charge in [0.1, 0.15) is 5.75 Å². The fourth-order valence-corrected chi connectivity index (χ4v) is 1.92. The first-order chi connectivity index (χ1) is 9.54. The Morgan fingerprint density at radius 2 is 1.70 bits per heavy atom. The molecule has 2 aromatic carbocycles. The smallest absolute Gasteiger partial charge is 0.265 e. The van der Waals surface area contributed by atoms with Gasteiger partial charge in [-0.2, -0.15) is 0 Å². The summed E-state index contributed by atoms with van der Waals surface area (Å²) < 4.78 is 6.57. The van der Waals surface area contributed by atoms with Crippen molar-refractivity contribution < 1.29 is 9.53 Å². The van der Waals surface area contributed by atoms with E-state index in [1.54, 1.807) is 6.92 Å². The van der Waals surface area contributed by atoms with Crippen LogP contribution in [0.15, 0.2) is 53.0 Å². The lowest BCUT2D eigenvalue weighted by Crippen LogP contribution is -2.30. The molecule has 104 valence electrons. The Labute approximate surface area is 127 Å². The lowest BCUT2D eigenvalue weighted by atomic mass is 10.2. The molecule has 0 aliphatic carbocycles. The first kappa shape index (κ1) is 14.6. The van der Waals surface area contributed by atoms with Gasteiger partial charge >= 0.3 is 0 Å². The van der Waals surface area contributed by atoms with Crippen LogP contribution < -0.4 is 10.1 Å². The first-order valence-corrected chi connectivity index (χ1v) is 7.13. The van der Waals surface area contributed by atoms with Crippen LogP contribution in [0.1, 0.15) is 12.5 Å². The van der Waals surface area contributed by atoms with Crippen molar-refractivity contribution >= 4 is 27.5 Å². The standard InChI is InChI=1S/C16H16BrNO2/c1-11-3-7-14(8-4-11)18-16(19)12(2)20-15-9-5-13(17)6-10-15/h3-10,12H,1-2H3,(H,18,19)/t12-/m1/s1. The third kappa shape index (κ3) is 4.10. The summed E-state index contributed by atoms with van der Waals surface area (Å²) in [5.41, 5.74) is 1.93. The van der Waals surface area contributed by atoms with Crippen molar-refractivity contribution in [2.75, 3.05) is 5.32 Å². The zero-order chi connectivity index (χ0) is 14.5. The minimum atomic E-state index is -0.558. The monoisotopic (exact) mass is 333 g/mol. The average Bonchev–Trinajstić information content (AvgIpc) is 2.44. The number of hydrogen-bond donors (Lipinski definition) is 1. The number of anilines is 1. The highest BCUT2D eigenvalue weighted by molar-refractivity contribution is 9.10. The summed E-state index contributed by atoms with van der Waals surface area (Å²) in [6.45, 7) is 3.73. The summed E-state index contributed by atoms with van der Waals surface area (Å²) in [5.74, 6) is 0.497. The predicted molar refractivity (Wildman–Crippen MR) is 84.0 cm³/mol. The van der Waals surface area contributed by atoms with Gasteiger partial charge in [-0.3, -0.25) is 4.79 Å². The number of carbonyl (C=O) groups is 1. The van der Waals surface area contributed by atoms with Gasteiger partial charge in [-0.1, -0.05) is 33.6 Å². The van der Waals surface area contributed by atoms with E-state index < -0.39 is 6.10 Å². The molecule has 0 unspecified atom stereocenters. The van der Waals surface area contributed by atoms with Crippen LogP contribution in [0.4, 0.5) is 5.69 Å². The van der Waals surface area contributed by atoms with Crippen molar-refractivity contribution in [2.24, 2.45) is 0 Å². The number of aryl methyl sites for hydroxylation is 1. The second kappa shape index (κ2) is 6.57. The molecule has 3 nitrogen and oxygen atoms in total. The van der Waals surface area contributed by atoms with Crippen molar-refractivity contribution in [1.82, 2.24) is 0 Å². The molecule has 2 rings (SSSR count). The summed E-state index contributed by atoms with van der Waals surface area (Å²) in [6, 6.07) is 15.0. The van der Waals surface area contributed by atoms with Crippen LogP contribution in [-0.4, -0.2) is 12.0 Å². The Morgan fingerprint density at radius 1 is 1.10 bits per heavy atom. The molecule has 0 saturated carbocycles. The number of hydrogen-bond acceptors (Lipinski definition) is 2. The molecule has 2 aromatic rings. The van der Waals surface area contributed by atoms with E-state index in [0.29, 0.717) is 5.75 Å². The topological polar surface area (TPSA) is 38.3 Å². The van der Waals surface area contributed by atoms with Gasteiger partial charge in [-0.25, -0.2) is 0 Å². The highest BCUT2D eigenvalue weighted by atomic mass is 79.9. The predicted octanol–water partition coefficient (Wildman–Crippen LogP) is 4.16. The summed E-state index contributed by atoms with van der Waals surface area (Å²) in [4.78, 5) is 12.0. The number of rotatable bonds is 4. The number of benzene rings is 2. The molecule has 0 bridgehead atoms. The van der Waals surface area contributed by atoms with E-state index >= 15 is 0 Å². The zero-order valence-corrected chi connectivity index (χ0v) is 13.0. The molecule has 0 fully saturated rings. The minimum Gasteiger partial charge on any atom is -0.481 e. The van der Waals surface area contributed by atoms with E-state index in [-0.39, 0.29) is 5.91 Å². The molecule has 1 N–H and O–H groups in total. The van der Waals surface area contributed by atoms with Crippen molar-refractivity contribution in [3.05, 3.63) is 58.6 Å². The van der Waals surface area contributed by atoms with E-state index in [4.69, 9.17) is 4.74 Å². The number of amides is 1. The van der Waals surface area contributed by atoms with Crippen molar-refractivity contribution in [1.29, 1.82) is 0 Å². The molecule has 4 heteroatoms. The second-order valence-electron chi connectivity index (χ2n) is 4.57. The molecule has 0 aromatic heterocycles. The number of halogens is 1. The number of ether oxygens (including phenoxy) is 1. The zero-order valence-electron chi connectivity index (χ0n) is 11.4. The van der Waals surface area contributed by atoms with Crippen LogP contribution in [0, 0.1) is 6.92 Å². The van der Waals surface area contributed by atoms with Crippen LogP contribution in [0.3, 0.4) is 0 Å². The van der Waals surface area contributed by atoms with Crippen molar-refractivity contribution in [2.45, 2.75) is 20.0 Å². The maximum Gasteiger partial charge on any atom is 0.265 e. The Balaban J connectivity index is 1.94. The third-order valence-electron chi connectivity index (χ3n) is 2.81. The average molecular weight is 334 g/mol. The molecule has 0 aliphatic rings. The van der Waals surface area contributed by atoms with Gasteiger partial charge in [0.25, 0.3) is 5.91 Å². The van der Waals surface area contributed by atoms with Crippen molar-refractivity contribution in [3.63, 3.8) is 0 Å². The molecule has 0 heterocycles. The highest BCUT2D eigenvalue weighted by Gasteiger charge is 2.14. The Bertz CT molecular complexity index is 578. The molecule has 1 amide bonds. The Hall–Kier alpha value is -1.81. The van der Waals surface area contributed by atoms with E-state index in [1.165, 1.54) is 0 Å². The quantitative estimate of drug-likeness (QED) is 0.912. The van der Waals surface area contributed by atoms with E-state index in [0.717, 1.165) is 15.7 Å². The van der Waals surface area contributed by atoms with E-state index in [9.17, 15) is 4.79 Å². The maximum atomic E-state index is 12.0. The minimum absolute atomic E-state index is 0.170. The molecular weight excluding hydrogens is 318 g/mol. The summed E-state index contributed by atoms with van der Waals surface area (Å²) in [7, 11) is 0. The lowest BCUT2D eigenvalue weighted by Gasteiger charge is -2.14. The van der Waals surface area contributed by atoms with Crippen LogP contribution in [-0.2, 0) is 4.79 Å². The van der Waals surface area contributed by atoms with Gasteiger partial charge in [0.15, 0.2) is 6.10 Å². The van der Waals surface area contributed by atoms with Crippen molar-refractivity contribution in [3.8, 4) is 5.75 Å². The van der Waals surface area contributed by atoms with Crippen LogP contribution in [0.5, 0.6) is 5.75 Å². The molecular formula is C16H16BrNO2. The van der Waals surface area contributed by atoms with E-state index in [1.807, 2.05) is 55.5 Å². The molecule has 1 atom stereocenters. The van der Waals surface area contributed by atoms with Gasteiger partial charge < -0.3 is 10.1 Å². The summed E-state index contributed by atoms with van der Waals surface area (Å²) in [6.07, 6.45) is -0.558. The Kier molecular flexibility index (Phi) is 4.79. The van der Waals surface area contributed by atoms with Gasteiger partial charge in [0, 0.05) is 10.2 Å². The van der Waals surface area contributed by atoms with Gasteiger partial charge in [-0.05, 0) is 50.2 Å². The molecule has 20 heavy (non-hydrogen) atoms. The number of carbonyl (C=O) groups excluding carboxylic acids is 1. The first-order valence-electron chi connectivity index (χ1n) is 6.34. The highest BCUT2D eigenvalue weighted by Crippen LogP contribution is 2.18. The molecule has 0 aliphatic heterocycles. The van der Waals surface area contributed by atoms with Gasteiger partial charge in [-0.15, -0.1) is 0 Å². The second-order valence-corrected chi connectivity index (χ2v) is 5.48. The normalized spacial score (nSPS) is 11.8. The van der Waals surface area contributed by atoms with Crippen LogP contribution in [0.25, 0.3) is 0 Å². The number of nitrogens with one attached hydrogen (secondary N) is 1. The third-order valence-corrected chi connectivity index (χ3v) is 3.34. The summed E-state index contributed by atoms with van der Waals surface area (Å²) >= 11 is 3.36. The van der Waals surface area contributed by atoms with E-state index in [2.05, 4.69) is 21.2 Å². The summed E-state index contributed by atoms with van der Waals surface area (Å²) in [5, 5.41) is 2.83. The molecule has 0 spiro atoms. The van der Waals surface area contributed by atoms with Crippen LogP contribution in [0.2, 0.25) is 0 Å². The van der Waals surface area contributed by atoms with Crippen LogP contribution >= 0.6 is 15.9 Å². The van der Waals surface area contributed by atoms with Gasteiger partial charge in [0.2, 0.25) is 0 Å². The largest absolute Gasteiger partial charge is 0.481 e. The lowest BCUT2D eigenvalue weighted by molar-refractivity contribution is -0.122. The fourth-order valence-electron chi connectivity index (χ4n) is 1.65. The Morgan fingerprint density at radius 3 is 2.30 bits per heavy atom. The molecule has 0 saturated heterocycles. The maximum absolute atomic E-state index is 12.0. The molecule has 0 radical (unpaired) electrons.